The van der Waals surface area contributed by atoms with E-state index in [0.29, 0.717) is 11.8 Å². The summed E-state index contributed by atoms with van der Waals surface area (Å²) in [4.78, 5) is 11.6. The topological polar surface area (TPSA) is 44.8 Å². The second kappa shape index (κ2) is 11.2. The summed E-state index contributed by atoms with van der Waals surface area (Å²) in [6.45, 7) is 6.02. The number of carbonyl (C=O) groups is 1. The van der Waals surface area contributed by atoms with Gasteiger partial charge in [-0.1, -0.05) is 49.3 Å². The Hall–Kier alpha value is -2.75. The van der Waals surface area contributed by atoms with Gasteiger partial charge in [-0.2, -0.15) is 0 Å². The average molecular weight is 437 g/mol. The Bertz CT molecular complexity index is 860. The number of rotatable bonds is 8. The molecule has 3 atom stereocenters. The van der Waals surface area contributed by atoms with Gasteiger partial charge in [0.05, 0.1) is 14.2 Å². The predicted molar refractivity (Wildman–Crippen MR) is 128 cm³/mol. The number of hydrogen-bond donors (Lipinski definition) is 0. The second-order valence-electron chi connectivity index (χ2n) is 8.73. The maximum absolute atomic E-state index is 11.6. The van der Waals surface area contributed by atoms with Gasteiger partial charge in [0.1, 0.15) is 17.6 Å². The van der Waals surface area contributed by atoms with Gasteiger partial charge in [-0.15, -0.1) is 0 Å². The molecule has 2 aromatic rings. The molecule has 1 fully saturated rings. The van der Waals surface area contributed by atoms with Gasteiger partial charge in [-0.05, 0) is 73.4 Å². The van der Waals surface area contributed by atoms with Crippen LogP contribution in [-0.4, -0.2) is 26.3 Å². The lowest BCUT2D eigenvalue weighted by Gasteiger charge is -2.38. The van der Waals surface area contributed by atoms with Crippen LogP contribution in [0.2, 0.25) is 0 Å². The van der Waals surface area contributed by atoms with Crippen molar-refractivity contribution >= 4 is 5.97 Å². The Morgan fingerprint density at radius 3 is 1.81 bits per heavy atom. The zero-order chi connectivity index (χ0) is 23.1. The monoisotopic (exact) mass is 436 g/mol. The van der Waals surface area contributed by atoms with E-state index >= 15 is 0 Å². The van der Waals surface area contributed by atoms with E-state index in [9.17, 15) is 4.79 Å². The van der Waals surface area contributed by atoms with Crippen LogP contribution in [-0.2, 0) is 22.4 Å². The van der Waals surface area contributed by atoms with Crippen LogP contribution in [0, 0.1) is 11.8 Å². The van der Waals surface area contributed by atoms with Crippen LogP contribution in [0.3, 0.4) is 0 Å². The van der Waals surface area contributed by atoms with Crippen molar-refractivity contribution in [3.8, 4) is 11.5 Å². The standard InChI is InChI=1S/C28H36O4/c1-6-26-19(2)27(15-16-28(26)32-20(3)29)23(17-21-7-11-24(30-4)12-8-21)18-22-9-13-25(31-5)14-10-22/h7-14,19,26,28H,6,15-18H2,1-5H3. The molecule has 3 unspecified atom stereocenters. The number of benzene rings is 2. The fraction of sp³-hybridized carbons (Fsp3) is 0.464. The lowest BCUT2D eigenvalue weighted by Crippen LogP contribution is -2.36. The molecule has 0 spiro atoms. The molecular weight excluding hydrogens is 400 g/mol. The van der Waals surface area contributed by atoms with Crippen molar-refractivity contribution < 1.29 is 19.0 Å². The number of esters is 1. The highest BCUT2D eigenvalue weighted by Crippen LogP contribution is 2.41. The van der Waals surface area contributed by atoms with Crippen LogP contribution in [0.1, 0.15) is 51.2 Å². The first-order valence-electron chi connectivity index (χ1n) is 11.6. The molecule has 4 nitrogen and oxygen atoms in total. The van der Waals surface area contributed by atoms with Gasteiger partial charge in [0.25, 0.3) is 0 Å². The van der Waals surface area contributed by atoms with Gasteiger partial charge >= 0.3 is 5.97 Å². The summed E-state index contributed by atoms with van der Waals surface area (Å²) in [7, 11) is 3.39. The van der Waals surface area contributed by atoms with E-state index in [1.807, 2.05) is 24.3 Å². The summed E-state index contributed by atoms with van der Waals surface area (Å²) in [5, 5.41) is 0. The van der Waals surface area contributed by atoms with Crippen molar-refractivity contribution in [2.45, 2.75) is 59.0 Å². The zero-order valence-electron chi connectivity index (χ0n) is 20.0. The smallest absolute Gasteiger partial charge is 0.302 e. The molecular formula is C28H36O4. The SMILES string of the molecule is CCC1C(OC(C)=O)CCC(=C(Cc2ccc(OC)cc2)Cc2ccc(OC)cc2)C1C. The fourth-order valence-electron chi connectivity index (χ4n) is 5.06. The van der Waals surface area contributed by atoms with Gasteiger partial charge in [0, 0.05) is 12.8 Å². The highest BCUT2D eigenvalue weighted by molar-refractivity contribution is 5.66. The molecule has 0 saturated heterocycles. The summed E-state index contributed by atoms with van der Waals surface area (Å²) in [5.41, 5.74) is 5.55. The minimum absolute atomic E-state index is 0.0134. The molecule has 0 aliphatic heterocycles. The summed E-state index contributed by atoms with van der Waals surface area (Å²) in [6, 6.07) is 16.7. The lowest BCUT2D eigenvalue weighted by molar-refractivity contribution is -0.151. The second-order valence-corrected chi connectivity index (χ2v) is 8.73. The highest BCUT2D eigenvalue weighted by atomic mass is 16.5. The molecule has 0 aromatic heterocycles. The molecule has 0 N–H and O–H groups in total. The van der Waals surface area contributed by atoms with Crippen molar-refractivity contribution in [2.24, 2.45) is 11.8 Å². The van der Waals surface area contributed by atoms with Crippen LogP contribution in [0.4, 0.5) is 0 Å². The number of methoxy groups -OCH3 is 2. The maximum Gasteiger partial charge on any atom is 0.302 e. The molecule has 1 aliphatic carbocycles. The minimum Gasteiger partial charge on any atom is -0.497 e. The van der Waals surface area contributed by atoms with Gasteiger partial charge in [0.2, 0.25) is 0 Å². The van der Waals surface area contributed by atoms with Crippen LogP contribution >= 0.6 is 0 Å². The van der Waals surface area contributed by atoms with Crippen LogP contribution < -0.4 is 9.47 Å². The lowest BCUT2D eigenvalue weighted by atomic mass is 9.71. The fourth-order valence-corrected chi connectivity index (χ4v) is 5.06. The third-order valence-corrected chi connectivity index (χ3v) is 6.76. The van der Waals surface area contributed by atoms with Gasteiger partial charge in [-0.25, -0.2) is 0 Å². The zero-order valence-corrected chi connectivity index (χ0v) is 20.0. The molecule has 0 amide bonds. The molecule has 172 valence electrons. The van der Waals surface area contributed by atoms with Gasteiger partial charge < -0.3 is 14.2 Å². The van der Waals surface area contributed by atoms with Crippen molar-refractivity contribution in [1.82, 2.24) is 0 Å². The molecule has 4 heteroatoms. The van der Waals surface area contributed by atoms with Crippen molar-refractivity contribution in [3.63, 3.8) is 0 Å². The van der Waals surface area contributed by atoms with Crippen LogP contribution in [0.5, 0.6) is 11.5 Å². The average Bonchev–Trinajstić information content (AvgIpc) is 2.79. The Morgan fingerprint density at radius 1 is 0.906 bits per heavy atom. The maximum atomic E-state index is 11.6. The quantitative estimate of drug-likeness (QED) is 0.366. The molecule has 0 bridgehead atoms. The molecule has 0 heterocycles. The summed E-state index contributed by atoms with van der Waals surface area (Å²) < 4.78 is 16.4. The molecule has 0 radical (unpaired) electrons. The van der Waals surface area contributed by atoms with E-state index in [1.54, 1.807) is 14.2 Å². The first kappa shape index (κ1) is 23.9. The van der Waals surface area contributed by atoms with Crippen molar-refractivity contribution in [3.05, 3.63) is 70.8 Å². The molecule has 32 heavy (non-hydrogen) atoms. The van der Waals surface area contributed by atoms with E-state index in [-0.39, 0.29) is 12.1 Å². The third-order valence-electron chi connectivity index (χ3n) is 6.76. The number of ether oxygens (including phenoxy) is 3. The molecule has 1 saturated carbocycles. The van der Waals surface area contributed by atoms with E-state index in [1.165, 1.54) is 29.2 Å². The Kier molecular flexibility index (Phi) is 8.38. The summed E-state index contributed by atoms with van der Waals surface area (Å²) >= 11 is 0. The number of hydrogen-bond acceptors (Lipinski definition) is 4. The largest absolute Gasteiger partial charge is 0.497 e. The summed E-state index contributed by atoms with van der Waals surface area (Å²) in [6.07, 6.45) is 4.69. The number of carbonyl (C=O) groups excluding carboxylic acids is 1. The van der Waals surface area contributed by atoms with Crippen molar-refractivity contribution in [2.75, 3.05) is 14.2 Å². The number of allylic oxidation sites excluding steroid dienone is 2. The van der Waals surface area contributed by atoms with Crippen LogP contribution in [0.15, 0.2) is 59.7 Å². The minimum atomic E-state index is -0.176. The molecule has 2 aromatic carbocycles. The molecule has 1 aliphatic rings. The molecule has 3 rings (SSSR count). The third kappa shape index (κ3) is 5.93. The Balaban J connectivity index is 1.93. The van der Waals surface area contributed by atoms with Crippen LogP contribution in [0.25, 0.3) is 0 Å². The van der Waals surface area contributed by atoms with Crippen molar-refractivity contribution in [1.29, 1.82) is 0 Å². The van der Waals surface area contributed by atoms with E-state index in [2.05, 4.69) is 38.1 Å². The normalized spacial score (nSPS) is 20.5. The Labute approximate surface area is 192 Å². The Morgan fingerprint density at radius 2 is 1.41 bits per heavy atom. The summed E-state index contributed by atoms with van der Waals surface area (Å²) in [5.74, 6) is 2.30. The first-order chi connectivity index (χ1) is 15.4. The first-order valence-corrected chi connectivity index (χ1v) is 11.6. The van der Waals surface area contributed by atoms with E-state index < -0.39 is 0 Å². The van der Waals surface area contributed by atoms with Gasteiger partial charge in [-0.3, -0.25) is 4.79 Å². The van der Waals surface area contributed by atoms with Gasteiger partial charge in [0.15, 0.2) is 0 Å². The highest BCUT2D eigenvalue weighted by Gasteiger charge is 2.35. The predicted octanol–water partition coefficient (Wildman–Crippen LogP) is 6.17. The van der Waals surface area contributed by atoms with E-state index in [0.717, 1.165) is 43.6 Å². The van der Waals surface area contributed by atoms with E-state index in [4.69, 9.17) is 14.2 Å².